The number of carbonyl (C=O) groups is 1. The van der Waals surface area contributed by atoms with E-state index in [4.69, 9.17) is 0 Å². The monoisotopic (exact) mass is 399 g/mol. The number of carbonyl (C=O) groups excluding carboxylic acids is 1. The molecule has 1 aliphatic rings. The fourth-order valence-corrected chi connectivity index (χ4v) is 3.55. The number of hydrogen-bond acceptors (Lipinski definition) is 5. The second-order valence-corrected chi connectivity index (χ2v) is 7.49. The number of fused-ring (bicyclic) bond motifs is 1. The van der Waals surface area contributed by atoms with E-state index in [2.05, 4.69) is 32.5 Å². The van der Waals surface area contributed by atoms with Gasteiger partial charge in [-0.05, 0) is 43.2 Å². The number of aliphatic imine (C=N–C) groups is 1. The summed E-state index contributed by atoms with van der Waals surface area (Å²) in [5, 5.41) is 6.46. The van der Waals surface area contributed by atoms with Crippen molar-refractivity contribution in [3.8, 4) is 0 Å². The molecule has 2 aromatic heterocycles. The third kappa shape index (κ3) is 4.54. The molecule has 0 spiro atoms. The van der Waals surface area contributed by atoms with Crippen LogP contribution in [0.3, 0.4) is 0 Å². The molecule has 152 valence electrons. The molecule has 4 rings (SSSR count). The number of benzene rings is 1. The Morgan fingerprint density at radius 2 is 1.83 bits per heavy atom. The Morgan fingerprint density at radius 1 is 1.03 bits per heavy atom. The quantitative estimate of drug-likeness (QED) is 0.665. The van der Waals surface area contributed by atoms with Crippen molar-refractivity contribution in [1.82, 2.24) is 20.6 Å². The molecule has 3 aromatic rings. The van der Waals surface area contributed by atoms with Crippen LogP contribution in [-0.2, 0) is 17.8 Å². The Morgan fingerprint density at radius 3 is 2.60 bits per heavy atom. The highest BCUT2D eigenvalue weighted by Crippen LogP contribution is 2.20. The molecule has 1 aromatic carbocycles. The Kier molecular flexibility index (Phi) is 5.84. The van der Waals surface area contributed by atoms with Crippen LogP contribution in [0.25, 0.3) is 0 Å². The lowest BCUT2D eigenvalue weighted by Gasteiger charge is -2.15. The maximum absolute atomic E-state index is 12.5. The maximum atomic E-state index is 12.5. The Labute approximate surface area is 176 Å². The van der Waals surface area contributed by atoms with E-state index >= 15 is 0 Å². The van der Waals surface area contributed by atoms with E-state index in [0.717, 1.165) is 33.9 Å². The van der Waals surface area contributed by atoms with Crippen LogP contribution in [0.2, 0.25) is 0 Å². The topological polar surface area (TPSA) is 79.3 Å². The third-order valence-corrected chi connectivity index (χ3v) is 5.21. The Bertz CT molecular complexity index is 1050. The number of nitrogens with zero attached hydrogens (tertiary/aromatic N) is 3. The van der Waals surface area contributed by atoms with Gasteiger partial charge in [-0.3, -0.25) is 19.8 Å². The summed E-state index contributed by atoms with van der Waals surface area (Å²) in [6.07, 6.45) is 3.84. The van der Waals surface area contributed by atoms with Crippen LogP contribution >= 0.6 is 0 Å². The minimum atomic E-state index is -0.0418. The summed E-state index contributed by atoms with van der Waals surface area (Å²) in [6.45, 7) is 4.63. The van der Waals surface area contributed by atoms with Gasteiger partial charge in [0.2, 0.25) is 5.91 Å². The summed E-state index contributed by atoms with van der Waals surface area (Å²) in [5.41, 5.74) is 4.86. The van der Waals surface area contributed by atoms with Crippen LogP contribution in [0.5, 0.6) is 0 Å². The molecule has 0 radical (unpaired) electrons. The van der Waals surface area contributed by atoms with Gasteiger partial charge >= 0.3 is 0 Å². The SMILES string of the molecule is C[C@@H](NC(=O)Cc1cc2c(cn1)C(N[C@H](C)c1ccccn1)=NC2)c1ccccc1. The fraction of sp³-hybridized carbons (Fsp3) is 0.250. The van der Waals surface area contributed by atoms with E-state index in [0.29, 0.717) is 6.54 Å². The predicted octanol–water partition coefficient (Wildman–Crippen LogP) is 3.51. The van der Waals surface area contributed by atoms with Crippen LogP contribution in [0, 0.1) is 0 Å². The van der Waals surface area contributed by atoms with E-state index in [1.807, 2.05) is 67.7 Å². The summed E-state index contributed by atoms with van der Waals surface area (Å²) in [5.74, 6) is 0.782. The minimum Gasteiger partial charge on any atom is -0.362 e. The standard InChI is InChI=1S/C24H25N5O/c1-16(18-8-4-3-5-9-18)28-23(30)13-20-12-19-14-27-24(21(19)15-26-20)29-17(2)22-10-6-7-11-25-22/h3-12,15-17H,13-14H2,1-2H3,(H,27,29)(H,28,30)/t16-,17-/m1/s1. The van der Waals surface area contributed by atoms with Gasteiger partial charge in [-0.15, -0.1) is 0 Å². The molecule has 6 heteroatoms. The van der Waals surface area contributed by atoms with Crippen LogP contribution in [-0.4, -0.2) is 21.7 Å². The number of hydrogen-bond donors (Lipinski definition) is 2. The highest BCUT2D eigenvalue weighted by atomic mass is 16.1. The van der Waals surface area contributed by atoms with E-state index in [-0.39, 0.29) is 24.4 Å². The first-order valence-corrected chi connectivity index (χ1v) is 10.1. The van der Waals surface area contributed by atoms with Gasteiger partial charge in [-0.2, -0.15) is 0 Å². The molecule has 30 heavy (non-hydrogen) atoms. The Hall–Kier alpha value is -3.54. The van der Waals surface area contributed by atoms with Crippen LogP contribution < -0.4 is 10.6 Å². The van der Waals surface area contributed by atoms with Gasteiger partial charge in [-0.25, -0.2) is 0 Å². The molecule has 0 fully saturated rings. The lowest BCUT2D eigenvalue weighted by molar-refractivity contribution is -0.121. The number of rotatable bonds is 6. The van der Waals surface area contributed by atoms with Crippen LogP contribution in [0.15, 0.2) is 72.0 Å². The molecule has 1 amide bonds. The van der Waals surface area contributed by atoms with Gasteiger partial charge in [0, 0.05) is 18.0 Å². The molecule has 2 N–H and O–H groups in total. The van der Waals surface area contributed by atoms with Crippen molar-refractivity contribution < 1.29 is 4.79 Å². The summed E-state index contributed by atoms with van der Waals surface area (Å²) in [4.78, 5) is 26.0. The zero-order chi connectivity index (χ0) is 20.9. The van der Waals surface area contributed by atoms with Gasteiger partial charge in [0.15, 0.2) is 0 Å². The van der Waals surface area contributed by atoms with E-state index < -0.39 is 0 Å². The number of aromatic nitrogens is 2. The van der Waals surface area contributed by atoms with Gasteiger partial charge < -0.3 is 10.6 Å². The van der Waals surface area contributed by atoms with E-state index in [1.54, 1.807) is 6.20 Å². The lowest BCUT2D eigenvalue weighted by atomic mass is 10.1. The highest BCUT2D eigenvalue weighted by molar-refractivity contribution is 6.02. The van der Waals surface area contributed by atoms with Crippen molar-refractivity contribution >= 4 is 11.7 Å². The van der Waals surface area contributed by atoms with E-state index in [1.165, 1.54) is 0 Å². The van der Waals surface area contributed by atoms with Crippen LogP contribution in [0.1, 0.15) is 54.0 Å². The first-order chi connectivity index (χ1) is 14.6. The summed E-state index contributed by atoms with van der Waals surface area (Å²) in [6, 6.07) is 17.8. The first-order valence-electron chi connectivity index (χ1n) is 10.1. The smallest absolute Gasteiger partial charge is 0.226 e. The summed E-state index contributed by atoms with van der Waals surface area (Å²) < 4.78 is 0. The molecule has 2 atom stereocenters. The molecule has 3 heterocycles. The summed E-state index contributed by atoms with van der Waals surface area (Å²) >= 11 is 0. The molecular weight excluding hydrogens is 374 g/mol. The second-order valence-electron chi connectivity index (χ2n) is 7.49. The lowest BCUT2D eigenvalue weighted by Crippen LogP contribution is -2.29. The number of amidine groups is 1. The average Bonchev–Trinajstić information content (AvgIpc) is 3.16. The molecule has 6 nitrogen and oxygen atoms in total. The molecule has 1 aliphatic heterocycles. The molecular formula is C24H25N5O. The van der Waals surface area contributed by atoms with Crippen molar-refractivity contribution in [1.29, 1.82) is 0 Å². The Balaban J connectivity index is 1.37. The van der Waals surface area contributed by atoms with Crippen molar-refractivity contribution in [2.75, 3.05) is 0 Å². The van der Waals surface area contributed by atoms with Crippen molar-refractivity contribution in [2.45, 2.75) is 38.9 Å². The molecule has 0 aliphatic carbocycles. The molecule has 0 saturated carbocycles. The zero-order valence-corrected chi connectivity index (χ0v) is 17.2. The number of amides is 1. The number of nitrogens with one attached hydrogen (secondary N) is 2. The zero-order valence-electron chi connectivity index (χ0n) is 17.2. The molecule has 0 bridgehead atoms. The van der Waals surface area contributed by atoms with Crippen molar-refractivity contribution in [2.24, 2.45) is 4.99 Å². The average molecular weight is 399 g/mol. The predicted molar refractivity (Wildman–Crippen MR) is 117 cm³/mol. The molecule has 0 saturated heterocycles. The van der Waals surface area contributed by atoms with Gasteiger partial charge in [0.1, 0.15) is 5.84 Å². The van der Waals surface area contributed by atoms with Gasteiger partial charge in [0.05, 0.1) is 36.4 Å². The van der Waals surface area contributed by atoms with Gasteiger partial charge in [-0.1, -0.05) is 36.4 Å². The normalized spacial score (nSPS) is 14.4. The highest BCUT2D eigenvalue weighted by Gasteiger charge is 2.20. The second kappa shape index (κ2) is 8.86. The van der Waals surface area contributed by atoms with Crippen molar-refractivity contribution in [3.63, 3.8) is 0 Å². The summed E-state index contributed by atoms with van der Waals surface area (Å²) in [7, 11) is 0. The van der Waals surface area contributed by atoms with Crippen LogP contribution in [0.4, 0.5) is 0 Å². The van der Waals surface area contributed by atoms with E-state index in [9.17, 15) is 4.79 Å². The number of pyridine rings is 2. The largest absolute Gasteiger partial charge is 0.362 e. The maximum Gasteiger partial charge on any atom is 0.226 e. The van der Waals surface area contributed by atoms with Gasteiger partial charge in [0.25, 0.3) is 0 Å². The fourth-order valence-electron chi connectivity index (χ4n) is 3.55. The first kappa shape index (κ1) is 19.8. The van der Waals surface area contributed by atoms with Crippen molar-refractivity contribution in [3.05, 3.63) is 95.1 Å². The molecule has 0 unspecified atom stereocenters. The minimum absolute atomic E-state index is 0.0413. The third-order valence-electron chi connectivity index (χ3n) is 5.21.